The van der Waals surface area contributed by atoms with E-state index in [1.165, 1.54) is 77.3 Å². The minimum Gasteiger partial charge on any atom is -0.480 e. The first-order chi connectivity index (χ1) is 22.7. The highest BCUT2D eigenvalue weighted by atomic mass is 16.5. The Balaban J connectivity index is 1.25. The van der Waals surface area contributed by atoms with Gasteiger partial charge in [0.15, 0.2) is 0 Å². The molecule has 0 spiro atoms. The molecule has 7 rings (SSSR count). The van der Waals surface area contributed by atoms with Crippen molar-refractivity contribution in [2.75, 3.05) is 46.4 Å². The van der Waals surface area contributed by atoms with Crippen LogP contribution in [0.2, 0.25) is 0 Å². The minimum absolute atomic E-state index is 0.0225. The second-order valence-electron chi connectivity index (χ2n) is 17.8. The summed E-state index contributed by atoms with van der Waals surface area (Å²) >= 11 is 0. The lowest BCUT2D eigenvalue weighted by Gasteiger charge is -2.60. The maximum atomic E-state index is 14.3. The van der Waals surface area contributed by atoms with Gasteiger partial charge in [0, 0.05) is 32.2 Å². The van der Waals surface area contributed by atoms with Crippen LogP contribution in [0.4, 0.5) is 0 Å². The summed E-state index contributed by atoms with van der Waals surface area (Å²) in [7, 11) is 1.86. The van der Waals surface area contributed by atoms with Gasteiger partial charge in [-0.25, -0.2) is 0 Å². The number of carbonyl (C=O) groups is 1. The van der Waals surface area contributed by atoms with Crippen LogP contribution in [-0.2, 0) is 14.3 Å². The molecule has 6 fully saturated rings. The predicted molar refractivity (Wildman–Crippen MR) is 188 cm³/mol. The summed E-state index contributed by atoms with van der Waals surface area (Å²) in [6.45, 7) is 16.1. The first kappa shape index (κ1) is 34.5. The molecule has 4 saturated carbocycles. The van der Waals surface area contributed by atoms with E-state index >= 15 is 0 Å². The predicted octanol–water partition coefficient (Wildman–Crippen LogP) is 8.05. The van der Waals surface area contributed by atoms with Crippen molar-refractivity contribution in [1.82, 2.24) is 9.80 Å². The molecule has 2 heterocycles. The number of aliphatic carboxylic acids is 1. The third kappa shape index (κ3) is 5.25. The van der Waals surface area contributed by atoms with E-state index in [9.17, 15) is 9.90 Å². The highest BCUT2D eigenvalue weighted by Crippen LogP contribution is 2.82. The first-order valence-corrected chi connectivity index (χ1v) is 20.3. The summed E-state index contributed by atoms with van der Waals surface area (Å²) in [5.74, 6) is 2.46. The number of rotatable bonds is 12. The van der Waals surface area contributed by atoms with E-state index in [4.69, 9.17) is 9.47 Å². The summed E-state index contributed by atoms with van der Waals surface area (Å²) in [5.41, 5.74) is -0.889. The second-order valence-corrected chi connectivity index (χ2v) is 17.8. The zero-order valence-electron chi connectivity index (χ0n) is 30.7. The summed E-state index contributed by atoms with van der Waals surface area (Å²) in [6, 6.07) is 0. The SMILES string of the molecule is CCCN(CCN1CCCCC1)C[C@@H]1O[C@@H](C23C[C@@H]4[C@H](C)CC[C@H]4C4(OC)CC2C=C(C(C)C)[C@]43C(=O)O)C[C@H]1C1CCCCCC1. The van der Waals surface area contributed by atoms with Crippen molar-refractivity contribution in [2.24, 2.45) is 52.3 Å². The zero-order valence-corrected chi connectivity index (χ0v) is 30.7. The molecule has 3 unspecified atom stereocenters. The number of methoxy groups -OCH3 is 1. The number of allylic oxidation sites excluding steroid dienone is 1. The molecule has 7 aliphatic rings. The van der Waals surface area contributed by atoms with Gasteiger partial charge in [0.25, 0.3) is 0 Å². The maximum absolute atomic E-state index is 14.3. The van der Waals surface area contributed by atoms with Gasteiger partial charge in [0.1, 0.15) is 5.41 Å². The lowest BCUT2D eigenvalue weighted by Crippen LogP contribution is -2.68. The standard InChI is InChI=1S/C41H68N2O4/c1-6-18-43(22-21-42-19-12-9-13-20-42)27-36-32(30-14-10-7-8-11-15-30)24-37(47-36)39-26-33-29(4)16-17-34(33)40(46-5)25-31(39)23-35(28(2)3)41(39,40)38(44)45/h23,28-34,36-37H,6-22,24-27H2,1-5H3,(H,44,45)/t29-,31?,32+,33-,34-,36+,37-,39?,40?,41-/m1/s1. The van der Waals surface area contributed by atoms with Crippen molar-refractivity contribution in [3.8, 4) is 0 Å². The topological polar surface area (TPSA) is 62.2 Å². The Kier molecular flexibility index (Phi) is 10.0. The van der Waals surface area contributed by atoms with Crippen molar-refractivity contribution >= 4 is 5.97 Å². The smallest absolute Gasteiger partial charge is 0.317 e. The van der Waals surface area contributed by atoms with Crippen LogP contribution in [0.1, 0.15) is 124 Å². The second kappa shape index (κ2) is 13.6. The molecule has 0 aromatic carbocycles. The Morgan fingerprint density at radius 3 is 2.40 bits per heavy atom. The van der Waals surface area contributed by atoms with Crippen LogP contribution in [0.15, 0.2) is 11.6 Å². The monoisotopic (exact) mass is 653 g/mol. The van der Waals surface area contributed by atoms with Gasteiger partial charge >= 0.3 is 5.97 Å². The van der Waals surface area contributed by atoms with E-state index in [0.29, 0.717) is 29.6 Å². The van der Waals surface area contributed by atoms with Crippen molar-refractivity contribution < 1.29 is 19.4 Å². The fourth-order valence-corrected chi connectivity index (χ4v) is 13.7. The molecule has 6 heteroatoms. The Labute approximate surface area is 286 Å². The highest BCUT2D eigenvalue weighted by Gasteiger charge is 2.87. The summed E-state index contributed by atoms with van der Waals surface area (Å²) in [5, 5.41) is 11.8. The maximum Gasteiger partial charge on any atom is 0.317 e. The molecule has 0 amide bonds. The molecule has 2 saturated heterocycles. The van der Waals surface area contributed by atoms with Crippen LogP contribution in [0.5, 0.6) is 0 Å². The fourth-order valence-electron chi connectivity index (χ4n) is 13.7. The van der Waals surface area contributed by atoms with E-state index < -0.39 is 22.4 Å². The number of ether oxygens (including phenoxy) is 2. The molecule has 4 bridgehead atoms. The lowest BCUT2D eigenvalue weighted by atomic mass is 9.45. The Hall–Kier alpha value is -0.950. The number of likely N-dealkylation sites (tertiary alicyclic amines) is 1. The third-order valence-corrected chi connectivity index (χ3v) is 15.5. The molecule has 266 valence electrons. The van der Waals surface area contributed by atoms with Crippen LogP contribution in [0.25, 0.3) is 0 Å². The van der Waals surface area contributed by atoms with E-state index in [-0.39, 0.29) is 24.0 Å². The third-order valence-electron chi connectivity index (χ3n) is 15.5. The lowest BCUT2D eigenvalue weighted by molar-refractivity contribution is -0.228. The van der Waals surface area contributed by atoms with E-state index in [0.717, 1.165) is 63.9 Å². The molecule has 10 atom stereocenters. The quantitative estimate of drug-likeness (QED) is 0.170. The number of hydrogen-bond acceptors (Lipinski definition) is 5. The van der Waals surface area contributed by atoms with Crippen molar-refractivity contribution in [2.45, 2.75) is 142 Å². The highest BCUT2D eigenvalue weighted by molar-refractivity contribution is 5.85. The van der Waals surface area contributed by atoms with Crippen molar-refractivity contribution in [1.29, 1.82) is 0 Å². The summed E-state index contributed by atoms with van der Waals surface area (Å²) in [6.07, 6.45) is 21.1. The van der Waals surface area contributed by atoms with E-state index in [1.807, 2.05) is 7.11 Å². The molecule has 0 radical (unpaired) electrons. The van der Waals surface area contributed by atoms with E-state index in [2.05, 4.69) is 43.6 Å². The fraction of sp³-hybridized carbons (Fsp3) is 0.927. The summed E-state index contributed by atoms with van der Waals surface area (Å²) < 4.78 is 14.4. The number of fused-ring (bicyclic) bond motifs is 2. The van der Waals surface area contributed by atoms with Crippen LogP contribution >= 0.6 is 0 Å². The normalized spacial score (nSPS) is 43.9. The number of nitrogens with zero attached hydrogens (tertiary/aromatic N) is 2. The minimum atomic E-state index is -0.996. The van der Waals surface area contributed by atoms with Crippen LogP contribution < -0.4 is 0 Å². The van der Waals surface area contributed by atoms with Gasteiger partial charge in [0.05, 0.1) is 17.8 Å². The first-order valence-electron chi connectivity index (χ1n) is 20.3. The molecule has 5 aliphatic carbocycles. The molecule has 47 heavy (non-hydrogen) atoms. The molecule has 1 N–H and O–H groups in total. The van der Waals surface area contributed by atoms with Gasteiger partial charge in [-0.05, 0) is 106 Å². The number of hydrogen-bond donors (Lipinski definition) is 1. The van der Waals surface area contributed by atoms with Gasteiger partial charge in [-0.3, -0.25) is 9.69 Å². The molecule has 2 aliphatic heterocycles. The molecule has 0 aromatic heterocycles. The van der Waals surface area contributed by atoms with Crippen molar-refractivity contribution in [3.63, 3.8) is 0 Å². The number of carboxylic acids is 1. The van der Waals surface area contributed by atoms with Gasteiger partial charge in [0.2, 0.25) is 0 Å². The van der Waals surface area contributed by atoms with Gasteiger partial charge in [-0.1, -0.05) is 90.7 Å². The summed E-state index contributed by atoms with van der Waals surface area (Å²) in [4.78, 5) is 19.7. The van der Waals surface area contributed by atoms with Crippen LogP contribution in [0.3, 0.4) is 0 Å². The number of carboxylic acid groups (broad SMARTS) is 1. The van der Waals surface area contributed by atoms with Gasteiger partial charge in [-0.15, -0.1) is 0 Å². The number of piperidine rings is 1. The van der Waals surface area contributed by atoms with Crippen molar-refractivity contribution in [3.05, 3.63) is 11.6 Å². The average molecular weight is 653 g/mol. The average Bonchev–Trinajstić information content (AvgIpc) is 3.71. The van der Waals surface area contributed by atoms with Crippen LogP contribution in [0, 0.1) is 52.3 Å². The largest absolute Gasteiger partial charge is 0.480 e. The molecular weight excluding hydrogens is 584 g/mol. The Morgan fingerprint density at radius 1 is 1.02 bits per heavy atom. The van der Waals surface area contributed by atoms with E-state index in [1.54, 1.807) is 0 Å². The Bertz CT molecular complexity index is 1140. The van der Waals surface area contributed by atoms with Crippen LogP contribution in [-0.4, -0.2) is 85.1 Å². The van der Waals surface area contributed by atoms with Gasteiger partial charge < -0.3 is 19.5 Å². The zero-order chi connectivity index (χ0) is 33.0. The van der Waals surface area contributed by atoms with Gasteiger partial charge in [-0.2, -0.15) is 0 Å². The molecule has 6 nitrogen and oxygen atoms in total. The molecular formula is C41H68N2O4. The molecule has 0 aromatic rings. The Morgan fingerprint density at radius 2 is 1.74 bits per heavy atom.